The highest BCUT2D eigenvalue weighted by atomic mass is 19.1. The van der Waals surface area contributed by atoms with Crippen molar-refractivity contribution >= 4 is 16.8 Å². The van der Waals surface area contributed by atoms with E-state index in [1.165, 1.54) is 12.1 Å². The molecule has 1 amide bonds. The van der Waals surface area contributed by atoms with Crippen LogP contribution in [0, 0.1) is 5.82 Å². The van der Waals surface area contributed by atoms with Gasteiger partial charge in [0.2, 0.25) is 0 Å². The first-order chi connectivity index (χ1) is 13.6. The molecular formula is C22H19FN4O. The first-order valence-corrected chi connectivity index (χ1v) is 9.09. The molecule has 0 bridgehead atoms. The first kappa shape index (κ1) is 17.9. The van der Waals surface area contributed by atoms with E-state index < -0.39 is 0 Å². The smallest absolute Gasteiger partial charge is 0.252 e. The molecule has 0 aliphatic carbocycles. The molecule has 4 aromatic rings. The summed E-state index contributed by atoms with van der Waals surface area (Å²) in [6.07, 6.45) is 3.66. The Morgan fingerprint density at radius 3 is 2.68 bits per heavy atom. The molecule has 0 aliphatic rings. The molecule has 140 valence electrons. The van der Waals surface area contributed by atoms with E-state index >= 15 is 0 Å². The van der Waals surface area contributed by atoms with Gasteiger partial charge < -0.3 is 5.32 Å². The van der Waals surface area contributed by atoms with Gasteiger partial charge in [0.25, 0.3) is 5.91 Å². The normalized spacial score (nSPS) is 10.9. The number of halogens is 1. The van der Waals surface area contributed by atoms with Crippen molar-refractivity contribution in [2.75, 3.05) is 0 Å². The zero-order valence-corrected chi connectivity index (χ0v) is 15.4. The predicted molar refractivity (Wildman–Crippen MR) is 106 cm³/mol. The molecule has 5 nitrogen and oxygen atoms in total. The Morgan fingerprint density at radius 1 is 1.14 bits per heavy atom. The molecule has 6 heteroatoms. The summed E-state index contributed by atoms with van der Waals surface area (Å²) in [5.74, 6) is -0.500. The number of carbonyl (C=O) groups is 1. The van der Waals surface area contributed by atoms with Gasteiger partial charge in [-0.2, -0.15) is 5.10 Å². The van der Waals surface area contributed by atoms with Gasteiger partial charge in [0, 0.05) is 30.2 Å². The molecule has 28 heavy (non-hydrogen) atoms. The second kappa shape index (κ2) is 7.60. The predicted octanol–water partition coefficient (Wildman–Crippen LogP) is 4.19. The third-order valence-electron chi connectivity index (χ3n) is 4.58. The Balaban J connectivity index is 1.68. The van der Waals surface area contributed by atoms with E-state index in [0.717, 1.165) is 28.6 Å². The quantitative estimate of drug-likeness (QED) is 0.570. The van der Waals surface area contributed by atoms with Gasteiger partial charge in [0.05, 0.1) is 23.0 Å². The number of aryl methyl sites for hydroxylation is 1. The van der Waals surface area contributed by atoms with Crippen LogP contribution in [0.1, 0.15) is 22.8 Å². The maximum absolute atomic E-state index is 13.1. The molecule has 0 atom stereocenters. The molecule has 0 spiro atoms. The average molecular weight is 374 g/mol. The van der Waals surface area contributed by atoms with E-state index in [1.807, 2.05) is 42.1 Å². The lowest BCUT2D eigenvalue weighted by atomic mass is 10.0. The number of nitrogens with one attached hydrogen (secondary N) is 1. The van der Waals surface area contributed by atoms with Gasteiger partial charge in [-0.3, -0.25) is 9.48 Å². The molecule has 0 saturated heterocycles. The van der Waals surface area contributed by atoms with Crippen molar-refractivity contribution in [2.24, 2.45) is 0 Å². The Labute approximate surface area is 161 Å². The van der Waals surface area contributed by atoms with Gasteiger partial charge >= 0.3 is 0 Å². The molecule has 0 aliphatic heterocycles. The van der Waals surface area contributed by atoms with Crippen molar-refractivity contribution in [3.8, 4) is 11.3 Å². The minimum Gasteiger partial charge on any atom is -0.348 e. The van der Waals surface area contributed by atoms with Crippen LogP contribution in [0.4, 0.5) is 4.39 Å². The highest BCUT2D eigenvalue weighted by Crippen LogP contribution is 2.24. The molecule has 0 radical (unpaired) electrons. The largest absolute Gasteiger partial charge is 0.348 e. The number of carbonyl (C=O) groups excluding carboxylic acids is 1. The number of benzene rings is 2. The molecular weight excluding hydrogens is 355 g/mol. The number of nitrogens with zero attached hydrogens (tertiary/aromatic N) is 3. The lowest BCUT2D eigenvalue weighted by Crippen LogP contribution is -2.23. The maximum atomic E-state index is 13.1. The Bertz CT molecular complexity index is 1130. The van der Waals surface area contributed by atoms with Crippen molar-refractivity contribution in [1.82, 2.24) is 20.1 Å². The number of hydrogen-bond donors (Lipinski definition) is 1. The number of fused-ring (bicyclic) bond motifs is 1. The van der Waals surface area contributed by atoms with Crippen molar-refractivity contribution in [2.45, 2.75) is 20.0 Å². The van der Waals surface area contributed by atoms with Crippen LogP contribution in [0.3, 0.4) is 0 Å². The van der Waals surface area contributed by atoms with Crippen LogP contribution in [0.15, 0.2) is 67.0 Å². The fourth-order valence-electron chi connectivity index (χ4n) is 3.06. The standard InChI is InChI=1S/C22H19FN4O/c1-2-27-14-16(13-25-27)21-11-19(18-5-3-4-6-20(18)26-21)22(28)24-12-15-7-9-17(23)10-8-15/h3-11,13-14H,2,12H2,1H3,(H,24,28). The lowest BCUT2D eigenvalue weighted by Gasteiger charge is -2.10. The van der Waals surface area contributed by atoms with E-state index in [4.69, 9.17) is 0 Å². The van der Waals surface area contributed by atoms with Crippen LogP contribution < -0.4 is 5.32 Å². The summed E-state index contributed by atoms with van der Waals surface area (Å²) in [6, 6.07) is 15.4. The highest BCUT2D eigenvalue weighted by Gasteiger charge is 2.14. The topological polar surface area (TPSA) is 59.8 Å². The van der Waals surface area contributed by atoms with Gasteiger partial charge in [-0.25, -0.2) is 9.37 Å². The minimum absolute atomic E-state index is 0.202. The van der Waals surface area contributed by atoms with Crippen LogP contribution in [0.25, 0.3) is 22.2 Å². The van der Waals surface area contributed by atoms with Gasteiger partial charge in [-0.15, -0.1) is 0 Å². The highest BCUT2D eigenvalue weighted by molar-refractivity contribution is 6.07. The summed E-state index contributed by atoms with van der Waals surface area (Å²) in [7, 11) is 0. The second-order valence-electron chi connectivity index (χ2n) is 6.47. The second-order valence-corrected chi connectivity index (χ2v) is 6.47. The molecule has 0 unspecified atom stereocenters. The molecule has 0 fully saturated rings. The first-order valence-electron chi connectivity index (χ1n) is 9.09. The monoisotopic (exact) mass is 374 g/mol. The summed E-state index contributed by atoms with van der Waals surface area (Å²) in [4.78, 5) is 17.6. The third-order valence-corrected chi connectivity index (χ3v) is 4.58. The Kier molecular flexibility index (Phi) is 4.85. The maximum Gasteiger partial charge on any atom is 0.252 e. The Hall–Kier alpha value is -3.54. The summed E-state index contributed by atoms with van der Waals surface area (Å²) < 4.78 is 14.9. The Morgan fingerprint density at radius 2 is 1.93 bits per heavy atom. The van der Waals surface area contributed by atoms with E-state index in [1.54, 1.807) is 24.4 Å². The van der Waals surface area contributed by atoms with Crippen molar-refractivity contribution in [3.05, 3.63) is 83.9 Å². The van der Waals surface area contributed by atoms with Crippen LogP contribution in [-0.2, 0) is 13.1 Å². The molecule has 2 aromatic heterocycles. The zero-order chi connectivity index (χ0) is 19.5. The van der Waals surface area contributed by atoms with Gasteiger partial charge in [-0.05, 0) is 36.8 Å². The van der Waals surface area contributed by atoms with Crippen LogP contribution in [0.2, 0.25) is 0 Å². The number of hydrogen-bond acceptors (Lipinski definition) is 3. The fraction of sp³-hybridized carbons (Fsp3) is 0.136. The van der Waals surface area contributed by atoms with Gasteiger partial charge in [0.15, 0.2) is 0 Å². The summed E-state index contributed by atoms with van der Waals surface area (Å²) in [5.41, 5.74) is 3.69. The zero-order valence-electron chi connectivity index (χ0n) is 15.4. The summed E-state index contributed by atoms with van der Waals surface area (Å²) in [5, 5.41) is 7.99. The van der Waals surface area contributed by atoms with Gasteiger partial charge in [-0.1, -0.05) is 30.3 Å². The van der Waals surface area contributed by atoms with Crippen molar-refractivity contribution in [1.29, 1.82) is 0 Å². The number of para-hydroxylation sites is 1. The van der Waals surface area contributed by atoms with Crippen LogP contribution >= 0.6 is 0 Å². The number of amides is 1. The summed E-state index contributed by atoms with van der Waals surface area (Å²) >= 11 is 0. The number of pyridine rings is 1. The average Bonchev–Trinajstić information content (AvgIpc) is 3.21. The van der Waals surface area contributed by atoms with E-state index in [9.17, 15) is 9.18 Å². The fourth-order valence-corrected chi connectivity index (χ4v) is 3.06. The van der Waals surface area contributed by atoms with E-state index in [2.05, 4.69) is 15.4 Å². The molecule has 0 saturated carbocycles. The minimum atomic E-state index is -0.299. The molecule has 2 heterocycles. The van der Waals surface area contributed by atoms with Crippen LogP contribution in [-0.4, -0.2) is 20.7 Å². The van der Waals surface area contributed by atoms with Crippen molar-refractivity contribution < 1.29 is 9.18 Å². The van der Waals surface area contributed by atoms with E-state index in [-0.39, 0.29) is 11.7 Å². The van der Waals surface area contributed by atoms with Crippen LogP contribution in [0.5, 0.6) is 0 Å². The molecule has 4 rings (SSSR count). The lowest BCUT2D eigenvalue weighted by molar-refractivity contribution is 0.0952. The SMILES string of the molecule is CCn1cc(-c2cc(C(=O)NCc3ccc(F)cc3)c3ccccc3n2)cn1. The van der Waals surface area contributed by atoms with Gasteiger partial charge in [0.1, 0.15) is 5.82 Å². The van der Waals surface area contributed by atoms with Crippen molar-refractivity contribution in [3.63, 3.8) is 0 Å². The summed E-state index contributed by atoms with van der Waals surface area (Å²) in [6.45, 7) is 3.09. The molecule has 2 aromatic carbocycles. The molecule has 1 N–H and O–H groups in total. The number of rotatable bonds is 5. The van der Waals surface area contributed by atoms with E-state index in [0.29, 0.717) is 17.8 Å². The number of aromatic nitrogens is 3. The third kappa shape index (κ3) is 3.62.